The summed E-state index contributed by atoms with van der Waals surface area (Å²) in [5.74, 6) is 1.64. The quantitative estimate of drug-likeness (QED) is 0.341. The summed E-state index contributed by atoms with van der Waals surface area (Å²) in [7, 11) is 4.04. The van der Waals surface area contributed by atoms with E-state index in [0.29, 0.717) is 23.1 Å². The number of nitrogens with zero attached hydrogens (tertiary/aromatic N) is 3. The number of benzene rings is 2. The highest BCUT2D eigenvalue weighted by molar-refractivity contribution is 7.98. The minimum Gasteiger partial charge on any atom is -0.362 e. The fourth-order valence-corrected chi connectivity index (χ4v) is 4.95. The highest BCUT2D eigenvalue weighted by Crippen LogP contribution is 2.27. The Balaban J connectivity index is 1.33. The van der Waals surface area contributed by atoms with Crippen LogP contribution in [0.4, 0.5) is 17.5 Å². The molecular weight excluding hydrogens is 436 g/mol. The number of para-hydroxylation sites is 2. The predicted octanol–water partition coefficient (Wildman–Crippen LogP) is 5.13. The van der Waals surface area contributed by atoms with Gasteiger partial charge in [-0.3, -0.25) is 0 Å². The van der Waals surface area contributed by atoms with Crippen molar-refractivity contribution in [2.45, 2.75) is 42.7 Å². The lowest BCUT2D eigenvalue weighted by Gasteiger charge is -2.30. The Hall–Kier alpha value is -2.58. The molecular formula is C24H30N6S2. The summed E-state index contributed by atoms with van der Waals surface area (Å²) in [6, 6.07) is 17.1. The average molecular weight is 467 g/mol. The second kappa shape index (κ2) is 10.4. The van der Waals surface area contributed by atoms with E-state index in [1.54, 1.807) is 11.8 Å². The second-order valence-corrected chi connectivity index (χ2v) is 9.53. The highest BCUT2D eigenvalue weighted by Gasteiger charge is 2.23. The van der Waals surface area contributed by atoms with Gasteiger partial charge in [0.15, 0.2) is 5.11 Å². The van der Waals surface area contributed by atoms with Gasteiger partial charge in [-0.1, -0.05) is 24.3 Å². The molecule has 2 aromatic carbocycles. The van der Waals surface area contributed by atoms with Crippen molar-refractivity contribution < 1.29 is 0 Å². The van der Waals surface area contributed by atoms with Crippen LogP contribution < -0.4 is 20.9 Å². The molecule has 6 nitrogen and oxygen atoms in total. The Morgan fingerprint density at radius 3 is 2.41 bits per heavy atom. The molecule has 0 amide bonds. The van der Waals surface area contributed by atoms with E-state index in [0.717, 1.165) is 48.1 Å². The maximum atomic E-state index is 5.57. The minimum atomic E-state index is 0.364. The summed E-state index contributed by atoms with van der Waals surface area (Å²) in [4.78, 5) is 12.8. The molecule has 3 aromatic rings. The summed E-state index contributed by atoms with van der Waals surface area (Å²) in [5, 5.41) is 12.2. The van der Waals surface area contributed by atoms with Crippen molar-refractivity contribution in [1.29, 1.82) is 0 Å². The van der Waals surface area contributed by atoms with E-state index in [1.807, 2.05) is 49.3 Å². The van der Waals surface area contributed by atoms with Crippen molar-refractivity contribution in [2.24, 2.45) is 0 Å². The van der Waals surface area contributed by atoms with Gasteiger partial charge in [0, 0.05) is 36.5 Å². The molecule has 8 heteroatoms. The smallest absolute Gasteiger partial charge is 0.225 e. The number of hydrogen-bond acceptors (Lipinski definition) is 6. The fourth-order valence-electron chi connectivity index (χ4n) is 4.12. The van der Waals surface area contributed by atoms with Gasteiger partial charge in [-0.05, 0) is 68.4 Å². The third-order valence-corrected chi connectivity index (χ3v) is 6.77. The standard InChI is InChI=1S/C24H30N6S2/c1-30(2)22-18-8-4-5-9-19(18)27-23(29-22)25-16-12-14-17(15-13-16)26-24(31)28-20-10-6-7-11-21(20)32-3/h4-11,16-17H,12-15H2,1-3H3,(H,25,27,29)(H2,26,28,31)/t16-,17+. The Bertz CT molecular complexity index is 1080. The lowest BCUT2D eigenvalue weighted by Crippen LogP contribution is -2.42. The largest absolute Gasteiger partial charge is 0.362 e. The number of hydrogen-bond donors (Lipinski definition) is 3. The van der Waals surface area contributed by atoms with Crippen molar-refractivity contribution in [3.63, 3.8) is 0 Å². The molecule has 1 fully saturated rings. The second-order valence-electron chi connectivity index (χ2n) is 8.27. The molecule has 1 aliphatic carbocycles. The molecule has 0 saturated heterocycles. The molecule has 0 unspecified atom stereocenters. The molecule has 168 valence electrons. The first-order valence-electron chi connectivity index (χ1n) is 10.9. The molecule has 4 rings (SSSR count). The molecule has 1 heterocycles. The summed E-state index contributed by atoms with van der Waals surface area (Å²) in [6.07, 6.45) is 6.28. The highest BCUT2D eigenvalue weighted by atomic mass is 32.2. The van der Waals surface area contributed by atoms with Crippen molar-refractivity contribution in [1.82, 2.24) is 15.3 Å². The van der Waals surface area contributed by atoms with Crippen LogP contribution in [0.15, 0.2) is 53.4 Å². The number of aromatic nitrogens is 2. The zero-order valence-corrected chi connectivity index (χ0v) is 20.4. The monoisotopic (exact) mass is 466 g/mol. The number of rotatable bonds is 6. The van der Waals surface area contributed by atoms with Crippen LogP contribution in [-0.2, 0) is 0 Å². The molecule has 1 aliphatic rings. The summed E-state index contributed by atoms with van der Waals surface area (Å²) in [6.45, 7) is 0. The molecule has 3 N–H and O–H groups in total. The molecule has 0 atom stereocenters. The number of anilines is 3. The third kappa shape index (κ3) is 5.42. The topological polar surface area (TPSA) is 65.1 Å². The van der Waals surface area contributed by atoms with E-state index in [2.05, 4.69) is 40.4 Å². The van der Waals surface area contributed by atoms with Gasteiger partial charge in [0.25, 0.3) is 0 Å². The van der Waals surface area contributed by atoms with E-state index >= 15 is 0 Å². The van der Waals surface area contributed by atoms with Gasteiger partial charge >= 0.3 is 0 Å². The van der Waals surface area contributed by atoms with Gasteiger partial charge < -0.3 is 20.9 Å². The van der Waals surface area contributed by atoms with Crippen LogP contribution in [0.3, 0.4) is 0 Å². The number of nitrogens with one attached hydrogen (secondary N) is 3. The Morgan fingerprint density at radius 1 is 0.969 bits per heavy atom. The van der Waals surface area contributed by atoms with Crippen LogP contribution in [0.5, 0.6) is 0 Å². The van der Waals surface area contributed by atoms with E-state index in [-0.39, 0.29) is 0 Å². The van der Waals surface area contributed by atoms with Crippen LogP contribution in [-0.4, -0.2) is 47.5 Å². The molecule has 32 heavy (non-hydrogen) atoms. The first-order chi connectivity index (χ1) is 15.5. The fraction of sp³-hybridized carbons (Fsp3) is 0.375. The summed E-state index contributed by atoms with van der Waals surface area (Å²) < 4.78 is 0. The number of fused-ring (bicyclic) bond motifs is 1. The van der Waals surface area contributed by atoms with Crippen LogP contribution in [0.25, 0.3) is 10.9 Å². The van der Waals surface area contributed by atoms with Gasteiger partial charge in [-0.2, -0.15) is 4.98 Å². The SMILES string of the molecule is CSc1ccccc1NC(=S)N[C@H]1CC[C@@H](Nc2nc(N(C)C)c3ccccc3n2)CC1. The molecule has 0 aliphatic heterocycles. The first-order valence-corrected chi connectivity index (χ1v) is 12.6. The summed E-state index contributed by atoms with van der Waals surface area (Å²) in [5.41, 5.74) is 2.02. The van der Waals surface area contributed by atoms with Gasteiger partial charge in [0.2, 0.25) is 5.95 Å². The molecule has 0 bridgehead atoms. The van der Waals surface area contributed by atoms with Crippen LogP contribution in [0.1, 0.15) is 25.7 Å². The third-order valence-electron chi connectivity index (χ3n) is 5.76. The van der Waals surface area contributed by atoms with Crippen molar-refractivity contribution in [2.75, 3.05) is 35.9 Å². The van der Waals surface area contributed by atoms with Gasteiger partial charge in [0.05, 0.1) is 11.2 Å². The maximum absolute atomic E-state index is 5.57. The zero-order chi connectivity index (χ0) is 22.5. The Kier molecular flexibility index (Phi) is 7.32. The van der Waals surface area contributed by atoms with Crippen molar-refractivity contribution in [3.05, 3.63) is 48.5 Å². The minimum absolute atomic E-state index is 0.364. The van der Waals surface area contributed by atoms with Gasteiger partial charge in [-0.25, -0.2) is 4.98 Å². The van der Waals surface area contributed by atoms with E-state index < -0.39 is 0 Å². The number of thioether (sulfide) groups is 1. The van der Waals surface area contributed by atoms with E-state index in [1.165, 1.54) is 4.90 Å². The predicted molar refractivity (Wildman–Crippen MR) is 141 cm³/mol. The molecule has 1 saturated carbocycles. The molecule has 0 radical (unpaired) electrons. The average Bonchev–Trinajstić information content (AvgIpc) is 2.80. The first kappa shape index (κ1) is 22.6. The van der Waals surface area contributed by atoms with Crippen LogP contribution in [0.2, 0.25) is 0 Å². The van der Waals surface area contributed by atoms with Crippen molar-refractivity contribution >= 4 is 57.4 Å². The van der Waals surface area contributed by atoms with Gasteiger partial charge in [-0.15, -0.1) is 11.8 Å². The van der Waals surface area contributed by atoms with Gasteiger partial charge in [0.1, 0.15) is 5.82 Å². The molecule has 1 aromatic heterocycles. The lowest BCUT2D eigenvalue weighted by atomic mass is 9.91. The van der Waals surface area contributed by atoms with E-state index in [9.17, 15) is 0 Å². The lowest BCUT2D eigenvalue weighted by molar-refractivity contribution is 0.387. The molecule has 0 spiro atoms. The Morgan fingerprint density at radius 2 is 1.66 bits per heavy atom. The van der Waals surface area contributed by atoms with E-state index in [4.69, 9.17) is 22.2 Å². The maximum Gasteiger partial charge on any atom is 0.225 e. The summed E-state index contributed by atoms with van der Waals surface area (Å²) >= 11 is 7.29. The van der Waals surface area contributed by atoms with Crippen molar-refractivity contribution in [3.8, 4) is 0 Å². The van der Waals surface area contributed by atoms with Crippen LogP contribution in [0, 0.1) is 0 Å². The number of thiocarbonyl (C=S) groups is 1. The normalized spacial score (nSPS) is 18.2. The zero-order valence-electron chi connectivity index (χ0n) is 18.8. The van der Waals surface area contributed by atoms with Crippen LogP contribution >= 0.6 is 24.0 Å². The Labute approximate surface area is 199 Å².